The van der Waals surface area contributed by atoms with E-state index in [4.69, 9.17) is 9.47 Å². The van der Waals surface area contributed by atoms with Gasteiger partial charge in [0.2, 0.25) is 0 Å². The number of pyridine rings is 2. The number of carbonyl (C=O) groups is 4. The molecule has 3 heterocycles. The average Bonchev–Trinajstić information content (AvgIpc) is 3.49. The number of alkyl halides is 3. The molecule has 0 bridgehead atoms. The summed E-state index contributed by atoms with van der Waals surface area (Å²) in [5.74, 6) is -2.28. The monoisotopic (exact) mass is 816 g/mol. The summed E-state index contributed by atoms with van der Waals surface area (Å²) in [4.78, 5) is 63.2. The number of imide groups is 1. The fraction of sp³-hybridized carbons (Fsp3) is 0.200. The van der Waals surface area contributed by atoms with Crippen LogP contribution in [0, 0.1) is 0 Å². The Kier molecular flexibility index (Phi) is 11.2. The number of nitrogens with one attached hydrogen (secondary N) is 3. The number of hydrogen-bond donors (Lipinski definition) is 3. The maximum absolute atomic E-state index is 14.9. The smallest absolute Gasteiger partial charge is 0.497 e. The predicted molar refractivity (Wildman–Crippen MR) is 206 cm³/mol. The Hall–Kier alpha value is -6.82. The van der Waals surface area contributed by atoms with Crippen molar-refractivity contribution in [3.63, 3.8) is 0 Å². The first-order valence-electron chi connectivity index (χ1n) is 17.4. The van der Waals surface area contributed by atoms with E-state index < -0.39 is 61.4 Å². The van der Waals surface area contributed by atoms with E-state index in [9.17, 15) is 40.8 Å². The summed E-state index contributed by atoms with van der Waals surface area (Å²) >= 11 is 0. The Morgan fingerprint density at radius 3 is 1.55 bits per heavy atom. The standard InChI is InChI=1S/C40H35F3N6O8S/c1-23(27-17-19-44-33(21-27)46-35(50)25-5-11-30(56-3)12-6-25)39(24(2)28-18-20-45-34(22-28)47-36(51)26-7-13-31(57-4)14-8-26)37(52)49(38(53)48-39)29-9-15-32(16-10-29)58(54,55)40(41,42)43/h5-24H,1-4H3,(H,48,53)(H,44,46,50)(H,45,47,51). The molecule has 0 radical (unpaired) electrons. The number of amides is 5. The predicted octanol–water partition coefficient (Wildman–Crippen LogP) is 6.69. The highest BCUT2D eigenvalue weighted by Crippen LogP contribution is 2.45. The van der Waals surface area contributed by atoms with Crippen LogP contribution in [0.1, 0.15) is 57.5 Å². The van der Waals surface area contributed by atoms with Gasteiger partial charge in [-0.2, -0.15) is 13.2 Å². The minimum absolute atomic E-state index is 0.121. The number of carbonyl (C=O) groups excluding carboxylic acids is 4. The van der Waals surface area contributed by atoms with Gasteiger partial charge in [-0.3, -0.25) is 14.4 Å². The molecule has 5 aromatic rings. The Balaban J connectivity index is 1.37. The second-order valence-electron chi connectivity index (χ2n) is 13.1. The van der Waals surface area contributed by atoms with Gasteiger partial charge in [-0.1, -0.05) is 13.8 Å². The van der Waals surface area contributed by atoms with Gasteiger partial charge >= 0.3 is 11.5 Å². The maximum Gasteiger partial charge on any atom is 0.501 e. The van der Waals surface area contributed by atoms with Gasteiger partial charge in [-0.05, 0) is 108 Å². The second-order valence-corrected chi connectivity index (χ2v) is 15.1. The summed E-state index contributed by atoms with van der Waals surface area (Å²) in [6.07, 6.45) is 2.82. The van der Waals surface area contributed by atoms with Crippen LogP contribution < -0.4 is 30.3 Å². The number of benzene rings is 3. The Morgan fingerprint density at radius 2 is 1.16 bits per heavy atom. The number of ether oxygens (including phenoxy) is 2. The molecule has 2 aromatic heterocycles. The van der Waals surface area contributed by atoms with Crippen LogP contribution in [-0.4, -0.2) is 67.4 Å². The molecular weight excluding hydrogens is 782 g/mol. The van der Waals surface area contributed by atoms with Crippen LogP contribution in [0.4, 0.5) is 35.3 Å². The topological polar surface area (TPSA) is 186 Å². The zero-order chi connectivity index (χ0) is 42.0. The molecule has 5 amide bonds. The molecule has 2 unspecified atom stereocenters. The van der Waals surface area contributed by atoms with Gasteiger partial charge < -0.3 is 25.4 Å². The number of sulfone groups is 1. The normalized spacial score (nSPS) is 16.6. The average molecular weight is 817 g/mol. The molecule has 6 rings (SSSR count). The van der Waals surface area contributed by atoms with Crippen LogP contribution in [0.15, 0.2) is 114 Å². The first-order valence-corrected chi connectivity index (χ1v) is 18.9. The Morgan fingerprint density at radius 1 is 0.724 bits per heavy atom. The van der Waals surface area contributed by atoms with E-state index in [1.54, 1.807) is 74.5 Å². The van der Waals surface area contributed by atoms with Gasteiger partial charge in [-0.15, -0.1) is 0 Å². The van der Waals surface area contributed by atoms with Crippen molar-refractivity contribution in [2.24, 2.45) is 0 Å². The van der Waals surface area contributed by atoms with E-state index in [0.717, 1.165) is 17.0 Å². The number of nitrogens with zero attached hydrogens (tertiary/aromatic N) is 3. The van der Waals surface area contributed by atoms with Crippen molar-refractivity contribution < 1.29 is 50.2 Å². The molecule has 1 fully saturated rings. The van der Waals surface area contributed by atoms with Crippen molar-refractivity contribution >= 4 is 50.9 Å². The lowest BCUT2D eigenvalue weighted by atomic mass is 9.70. The van der Waals surface area contributed by atoms with Gasteiger partial charge in [0.05, 0.1) is 24.8 Å². The van der Waals surface area contributed by atoms with Crippen molar-refractivity contribution in [2.75, 3.05) is 29.8 Å². The molecule has 2 atom stereocenters. The number of anilines is 3. The summed E-state index contributed by atoms with van der Waals surface area (Å²) in [6.45, 7) is 3.32. The molecule has 18 heteroatoms. The quantitative estimate of drug-likeness (QED) is 0.115. The van der Waals surface area contributed by atoms with Crippen molar-refractivity contribution in [3.8, 4) is 11.5 Å². The van der Waals surface area contributed by atoms with Crippen LogP contribution in [0.5, 0.6) is 11.5 Å². The third kappa shape index (κ3) is 7.77. The van der Waals surface area contributed by atoms with E-state index >= 15 is 0 Å². The van der Waals surface area contributed by atoms with Gasteiger partial charge in [0.25, 0.3) is 27.6 Å². The number of halogens is 3. The number of aromatic nitrogens is 2. The van der Waals surface area contributed by atoms with Gasteiger partial charge in [0, 0.05) is 35.4 Å². The summed E-state index contributed by atoms with van der Waals surface area (Å²) in [5, 5.41) is 8.27. The summed E-state index contributed by atoms with van der Waals surface area (Å²) in [6, 6.07) is 21.2. The number of methoxy groups -OCH3 is 2. The zero-order valence-corrected chi connectivity index (χ0v) is 32.0. The number of hydrogen-bond acceptors (Lipinski definition) is 10. The summed E-state index contributed by atoms with van der Waals surface area (Å²) in [5.41, 5.74) is -6.13. The van der Waals surface area contributed by atoms with E-state index in [2.05, 4.69) is 25.9 Å². The van der Waals surface area contributed by atoms with Crippen molar-refractivity contribution in [1.82, 2.24) is 15.3 Å². The lowest BCUT2D eigenvalue weighted by Crippen LogP contribution is -2.55. The molecule has 14 nitrogen and oxygen atoms in total. The third-order valence-electron chi connectivity index (χ3n) is 9.91. The zero-order valence-electron chi connectivity index (χ0n) is 31.2. The minimum Gasteiger partial charge on any atom is -0.497 e. The van der Waals surface area contributed by atoms with Gasteiger partial charge in [0.1, 0.15) is 28.7 Å². The first kappa shape index (κ1) is 40.8. The molecular formula is C40H35F3N6O8S. The van der Waals surface area contributed by atoms with E-state index in [1.807, 2.05) is 0 Å². The van der Waals surface area contributed by atoms with E-state index in [-0.39, 0.29) is 17.3 Å². The van der Waals surface area contributed by atoms with E-state index in [0.29, 0.717) is 45.9 Å². The summed E-state index contributed by atoms with van der Waals surface area (Å²) < 4.78 is 74.3. The third-order valence-corrected chi connectivity index (χ3v) is 11.4. The maximum atomic E-state index is 14.9. The number of rotatable bonds is 12. The molecule has 1 aliphatic heterocycles. The Labute approximate surface area is 330 Å². The molecule has 58 heavy (non-hydrogen) atoms. The van der Waals surface area contributed by atoms with Gasteiger partial charge in [0.15, 0.2) is 0 Å². The van der Waals surface area contributed by atoms with Crippen LogP contribution in [0.25, 0.3) is 0 Å². The van der Waals surface area contributed by atoms with E-state index in [1.165, 1.54) is 38.7 Å². The largest absolute Gasteiger partial charge is 0.501 e. The highest BCUT2D eigenvalue weighted by molar-refractivity contribution is 7.92. The fourth-order valence-electron chi connectivity index (χ4n) is 6.62. The SMILES string of the molecule is COc1ccc(C(=O)Nc2cc(C(C)C3(C(C)c4ccnc(NC(=O)c5ccc(OC)cc5)c4)NC(=O)N(c4ccc(S(=O)(=O)C(F)(F)F)cc4)C3=O)ccn2)cc1. The van der Waals surface area contributed by atoms with Crippen molar-refractivity contribution in [3.05, 3.63) is 132 Å². The second kappa shape index (κ2) is 16.0. The minimum atomic E-state index is -5.72. The van der Waals surface area contributed by atoms with Crippen LogP contribution in [-0.2, 0) is 14.6 Å². The first-order chi connectivity index (χ1) is 27.5. The van der Waals surface area contributed by atoms with Crippen LogP contribution in [0.3, 0.4) is 0 Å². The van der Waals surface area contributed by atoms with Crippen LogP contribution >= 0.6 is 0 Å². The number of urea groups is 1. The lowest BCUT2D eigenvalue weighted by Gasteiger charge is -2.39. The summed E-state index contributed by atoms with van der Waals surface area (Å²) in [7, 11) is -2.74. The molecule has 3 N–H and O–H groups in total. The van der Waals surface area contributed by atoms with Crippen molar-refractivity contribution in [1.29, 1.82) is 0 Å². The molecule has 300 valence electrons. The molecule has 0 spiro atoms. The van der Waals surface area contributed by atoms with Crippen LogP contribution in [0.2, 0.25) is 0 Å². The van der Waals surface area contributed by atoms with Crippen molar-refractivity contribution in [2.45, 2.75) is 41.6 Å². The fourth-order valence-corrected chi connectivity index (χ4v) is 7.39. The molecule has 0 saturated carbocycles. The molecule has 1 aliphatic rings. The highest BCUT2D eigenvalue weighted by Gasteiger charge is 2.59. The highest BCUT2D eigenvalue weighted by atomic mass is 32.2. The molecule has 3 aromatic carbocycles. The molecule has 0 aliphatic carbocycles. The molecule has 1 saturated heterocycles. The van der Waals surface area contributed by atoms with Gasteiger partial charge in [-0.25, -0.2) is 28.1 Å². The Bertz CT molecular complexity index is 2370. The lowest BCUT2D eigenvalue weighted by molar-refractivity contribution is -0.123.